The van der Waals surface area contributed by atoms with Crippen LogP contribution < -0.4 is 9.22 Å². The molecule has 4 nitrogen and oxygen atoms in total. The molecule has 4 heteroatoms. The zero-order chi connectivity index (χ0) is 15.7. The van der Waals surface area contributed by atoms with Crippen LogP contribution in [0.2, 0.25) is 0 Å². The van der Waals surface area contributed by atoms with E-state index in [1.165, 1.54) is 5.69 Å². The SMILES string of the molecule is CC[N+](C)(CC)CC[N+]1(C)C(C)=Nc2ccc(OC)cc21. The van der Waals surface area contributed by atoms with Gasteiger partial charge >= 0.3 is 0 Å². The number of rotatable bonds is 6. The molecule has 116 valence electrons. The number of benzene rings is 1. The van der Waals surface area contributed by atoms with E-state index in [-0.39, 0.29) is 0 Å². The molecule has 1 aliphatic heterocycles. The summed E-state index contributed by atoms with van der Waals surface area (Å²) in [6.45, 7) is 11.2. The summed E-state index contributed by atoms with van der Waals surface area (Å²) in [5.74, 6) is 2.07. The van der Waals surface area contributed by atoms with Crippen LogP contribution in [0.1, 0.15) is 20.8 Å². The van der Waals surface area contributed by atoms with E-state index in [0.717, 1.165) is 52.4 Å². The Morgan fingerprint density at radius 2 is 1.90 bits per heavy atom. The van der Waals surface area contributed by atoms with Crippen molar-refractivity contribution in [2.24, 2.45) is 4.99 Å². The Balaban J connectivity index is 2.29. The van der Waals surface area contributed by atoms with Crippen LogP contribution in [0.3, 0.4) is 0 Å². The molecular weight excluding hydrogens is 262 g/mol. The second-order valence-electron chi connectivity index (χ2n) is 6.40. The van der Waals surface area contributed by atoms with E-state index in [9.17, 15) is 0 Å². The number of hydrogen-bond acceptors (Lipinski definition) is 2. The first-order chi connectivity index (χ1) is 9.88. The maximum atomic E-state index is 5.39. The van der Waals surface area contributed by atoms with E-state index in [0.29, 0.717) is 0 Å². The minimum atomic E-state index is 0.792. The summed E-state index contributed by atoms with van der Waals surface area (Å²) in [4.78, 5) is 4.76. The molecule has 0 bridgehead atoms. The number of fused-ring (bicyclic) bond motifs is 1. The van der Waals surface area contributed by atoms with Gasteiger partial charge in [-0.05, 0) is 26.0 Å². The number of methoxy groups -OCH3 is 1. The summed E-state index contributed by atoms with van der Waals surface area (Å²) in [7, 11) is 6.32. The normalized spacial score (nSPS) is 21.1. The number of nitrogens with zero attached hydrogens (tertiary/aromatic N) is 3. The van der Waals surface area contributed by atoms with Gasteiger partial charge in [-0.3, -0.25) is 0 Å². The van der Waals surface area contributed by atoms with Gasteiger partial charge in [0.05, 0.1) is 34.3 Å². The van der Waals surface area contributed by atoms with Crippen molar-refractivity contribution in [3.8, 4) is 5.75 Å². The highest BCUT2D eigenvalue weighted by Gasteiger charge is 2.39. The minimum Gasteiger partial charge on any atom is -0.497 e. The Morgan fingerprint density at radius 1 is 1.24 bits per heavy atom. The Kier molecular flexibility index (Phi) is 4.40. The number of ether oxygens (including phenoxy) is 1. The predicted molar refractivity (Wildman–Crippen MR) is 90.5 cm³/mol. The largest absolute Gasteiger partial charge is 0.497 e. The lowest BCUT2D eigenvalue weighted by Gasteiger charge is -2.36. The first kappa shape index (κ1) is 16.0. The molecule has 1 heterocycles. The molecule has 0 aromatic heterocycles. The fourth-order valence-corrected chi connectivity index (χ4v) is 2.84. The van der Waals surface area contributed by atoms with Crippen LogP contribution in [0.4, 0.5) is 11.4 Å². The van der Waals surface area contributed by atoms with E-state index < -0.39 is 0 Å². The predicted octanol–water partition coefficient (Wildman–Crippen LogP) is 3.18. The molecule has 0 amide bonds. The third kappa shape index (κ3) is 2.83. The average Bonchev–Trinajstić information content (AvgIpc) is 2.76. The number of likely N-dealkylation sites (N-methyl/N-ethyl adjacent to an activating group) is 2. The van der Waals surface area contributed by atoms with Gasteiger partial charge in [0.25, 0.3) is 0 Å². The summed E-state index contributed by atoms with van der Waals surface area (Å²) < 4.78 is 7.28. The average molecular weight is 291 g/mol. The lowest BCUT2D eigenvalue weighted by atomic mass is 10.2. The highest BCUT2D eigenvalue weighted by molar-refractivity contribution is 6.00. The zero-order valence-electron chi connectivity index (χ0n) is 14.3. The maximum absolute atomic E-state index is 5.39. The molecule has 1 atom stereocenters. The number of amidine groups is 1. The number of quaternary nitrogens is 2. The van der Waals surface area contributed by atoms with Gasteiger partial charge < -0.3 is 9.22 Å². The van der Waals surface area contributed by atoms with E-state index in [1.54, 1.807) is 7.11 Å². The van der Waals surface area contributed by atoms with Gasteiger partial charge in [-0.2, -0.15) is 4.99 Å². The molecule has 0 radical (unpaired) electrons. The van der Waals surface area contributed by atoms with Gasteiger partial charge in [-0.15, -0.1) is 0 Å². The molecule has 0 spiro atoms. The van der Waals surface area contributed by atoms with Crippen LogP contribution >= 0.6 is 0 Å². The van der Waals surface area contributed by atoms with Crippen molar-refractivity contribution >= 4 is 17.2 Å². The van der Waals surface area contributed by atoms with Crippen molar-refractivity contribution in [3.63, 3.8) is 0 Å². The first-order valence-corrected chi connectivity index (χ1v) is 7.82. The molecule has 1 aromatic rings. The van der Waals surface area contributed by atoms with Crippen molar-refractivity contribution in [1.29, 1.82) is 0 Å². The fraction of sp³-hybridized carbons (Fsp3) is 0.588. The molecule has 0 fully saturated rings. The minimum absolute atomic E-state index is 0.792. The lowest BCUT2D eigenvalue weighted by molar-refractivity contribution is -0.905. The van der Waals surface area contributed by atoms with Crippen LogP contribution in [0, 0.1) is 0 Å². The molecule has 1 aliphatic rings. The van der Waals surface area contributed by atoms with Gasteiger partial charge in [0.15, 0.2) is 5.69 Å². The molecule has 1 unspecified atom stereocenters. The topological polar surface area (TPSA) is 21.6 Å². The first-order valence-electron chi connectivity index (χ1n) is 7.82. The van der Waals surface area contributed by atoms with Crippen molar-refractivity contribution in [2.75, 3.05) is 47.4 Å². The molecule has 0 N–H and O–H groups in total. The summed E-state index contributed by atoms with van der Waals surface area (Å²) in [6.07, 6.45) is 0. The molecule has 2 rings (SSSR count). The van der Waals surface area contributed by atoms with Crippen molar-refractivity contribution in [3.05, 3.63) is 18.2 Å². The van der Waals surface area contributed by atoms with E-state index in [1.807, 2.05) is 6.07 Å². The van der Waals surface area contributed by atoms with Gasteiger partial charge in [0, 0.05) is 13.0 Å². The third-order valence-electron chi connectivity index (χ3n) is 5.32. The second-order valence-corrected chi connectivity index (χ2v) is 6.40. The molecule has 0 aliphatic carbocycles. The highest BCUT2D eigenvalue weighted by Crippen LogP contribution is 2.41. The number of aliphatic imine (C=N–C) groups is 1. The molecule has 0 saturated heterocycles. The summed E-state index contributed by atoms with van der Waals surface area (Å²) in [6, 6.07) is 6.19. The van der Waals surface area contributed by atoms with Crippen LogP contribution in [-0.4, -0.2) is 57.7 Å². The standard InChI is InChI=1S/C17H29N3O/c1-7-19(4,8-2)11-12-20(5)14(3)18-16-10-9-15(21-6)13-17(16)20/h9-10,13H,7-8,11-12H2,1-6H3/q+2. The van der Waals surface area contributed by atoms with Gasteiger partial charge in [0.1, 0.15) is 24.5 Å². The van der Waals surface area contributed by atoms with Crippen molar-refractivity contribution in [1.82, 2.24) is 4.48 Å². The Labute approximate surface area is 128 Å². The van der Waals surface area contributed by atoms with Crippen LogP contribution in [0.5, 0.6) is 5.75 Å². The van der Waals surface area contributed by atoms with Crippen LogP contribution in [-0.2, 0) is 0 Å². The smallest absolute Gasteiger partial charge is 0.205 e. The fourth-order valence-electron chi connectivity index (χ4n) is 2.84. The molecular formula is C17H29N3O+2. The summed E-state index contributed by atoms with van der Waals surface area (Å²) in [5, 5.41) is 0. The Bertz CT molecular complexity index is 549. The third-order valence-corrected chi connectivity index (χ3v) is 5.32. The lowest BCUT2D eigenvalue weighted by Crippen LogP contribution is -2.56. The Morgan fingerprint density at radius 3 is 2.48 bits per heavy atom. The highest BCUT2D eigenvalue weighted by atomic mass is 16.5. The van der Waals surface area contributed by atoms with Crippen LogP contribution in [0.25, 0.3) is 0 Å². The van der Waals surface area contributed by atoms with E-state index >= 15 is 0 Å². The zero-order valence-corrected chi connectivity index (χ0v) is 14.3. The van der Waals surface area contributed by atoms with Crippen molar-refractivity contribution in [2.45, 2.75) is 20.8 Å². The molecule has 1 aromatic carbocycles. The van der Waals surface area contributed by atoms with Gasteiger partial charge in [-0.1, -0.05) is 0 Å². The quantitative estimate of drug-likeness (QED) is 0.738. The second kappa shape index (κ2) is 5.78. The van der Waals surface area contributed by atoms with Gasteiger partial charge in [0.2, 0.25) is 5.84 Å². The maximum Gasteiger partial charge on any atom is 0.205 e. The van der Waals surface area contributed by atoms with Gasteiger partial charge in [-0.25, -0.2) is 4.48 Å². The summed E-state index contributed by atoms with van der Waals surface area (Å²) in [5.41, 5.74) is 2.34. The molecule has 0 saturated carbocycles. The molecule has 21 heavy (non-hydrogen) atoms. The monoisotopic (exact) mass is 291 g/mol. The summed E-state index contributed by atoms with van der Waals surface area (Å²) >= 11 is 0. The van der Waals surface area contributed by atoms with Crippen molar-refractivity contribution < 1.29 is 9.22 Å². The van der Waals surface area contributed by atoms with E-state index in [4.69, 9.17) is 9.73 Å². The Hall–Kier alpha value is -1.39. The number of hydrogen-bond donors (Lipinski definition) is 0. The van der Waals surface area contributed by atoms with E-state index in [2.05, 4.69) is 47.0 Å². The van der Waals surface area contributed by atoms with Crippen LogP contribution in [0.15, 0.2) is 23.2 Å².